The van der Waals surface area contributed by atoms with Gasteiger partial charge in [0.25, 0.3) is 0 Å². The summed E-state index contributed by atoms with van der Waals surface area (Å²) in [7, 11) is 3.25. The third-order valence-corrected chi connectivity index (χ3v) is 5.58. The predicted octanol–water partition coefficient (Wildman–Crippen LogP) is 2.85. The number of carbonyl (C=O) groups excluding carboxylic acids is 1. The van der Waals surface area contributed by atoms with E-state index < -0.39 is 0 Å². The number of likely N-dealkylation sites (tertiary alicyclic amines) is 1. The number of hydrogen-bond donors (Lipinski definition) is 2. The molecule has 2 aromatic rings. The highest BCUT2D eigenvalue weighted by molar-refractivity contribution is 5.81. The molecule has 3 rings (SSSR count). The number of benzene rings is 2. The molecule has 7 heteroatoms. The Labute approximate surface area is 190 Å². The normalized spacial score (nSPS) is 16.2. The molecule has 32 heavy (non-hydrogen) atoms. The van der Waals surface area contributed by atoms with E-state index in [9.17, 15) is 4.79 Å². The molecule has 1 aliphatic heterocycles. The summed E-state index contributed by atoms with van der Waals surface area (Å²) in [6, 6.07) is 16.1. The van der Waals surface area contributed by atoms with E-state index in [0.29, 0.717) is 31.0 Å². The molecule has 1 aliphatic rings. The van der Waals surface area contributed by atoms with Crippen molar-refractivity contribution in [1.82, 2.24) is 15.5 Å². The summed E-state index contributed by atoms with van der Waals surface area (Å²) >= 11 is 0. The Hall–Kier alpha value is -3.22. The van der Waals surface area contributed by atoms with Gasteiger partial charge in [-0.25, -0.2) is 4.99 Å². The molecule has 172 valence electrons. The number of nitrogens with zero attached hydrogens (tertiary/aromatic N) is 2. The summed E-state index contributed by atoms with van der Waals surface area (Å²) in [6.45, 7) is 5.59. The van der Waals surface area contributed by atoms with Crippen molar-refractivity contribution >= 4 is 11.9 Å². The molecule has 0 spiro atoms. The average Bonchev–Trinajstić information content (AvgIpc) is 3.19. The standard InChI is InChI=1S/C25H34N4O3/c1-4-26-25(27-16-20-10-11-22(31-2)23(14-20)32-3)28-17-21-15-24(30)29(18-21)13-12-19-8-6-5-7-9-19/h5-11,14,21H,4,12-13,15-18H2,1-3H3,(H2,26,27,28). The highest BCUT2D eigenvalue weighted by atomic mass is 16.5. The maximum Gasteiger partial charge on any atom is 0.223 e. The fourth-order valence-corrected chi connectivity index (χ4v) is 3.85. The molecule has 1 saturated heterocycles. The van der Waals surface area contributed by atoms with Crippen LogP contribution in [0.25, 0.3) is 0 Å². The van der Waals surface area contributed by atoms with Gasteiger partial charge in [-0.3, -0.25) is 4.79 Å². The summed E-state index contributed by atoms with van der Waals surface area (Å²) in [5.41, 5.74) is 2.29. The number of guanidine groups is 1. The lowest BCUT2D eigenvalue weighted by Crippen LogP contribution is -2.40. The molecule has 1 atom stereocenters. The molecule has 1 fully saturated rings. The second-order valence-electron chi connectivity index (χ2n) is 7.91. The van der Waals surface area contributed by atoms with Crippen LogP contribution in [0.1, 0.15) is 24.5 Å². The number of aliphatic imine (C=N–C) groups is 1. The van der Waals surface area contributed by atoms with Gasteiger partial charge in [0.05, 0.1) is 20.8 Å². The zero-order chi connectivity index (χ0) is 22.8. The van der Waals surface area contributed by atoms with Gasteiger partial charge in [0, 0.05) is 38.5 Å². The molecule has 2 N–H and O–H groups in total. The van der Waals surface area contributed by atoms with Crippen molar-refractivity contribution in [2.75, 3.05) is 40.4 Å². The number of ether oxygens (including phenoxy) is 2. The van der Waals surface area contributed by atoms with Crippen LogP contribution in [-0.4, -0.2) is 57.2 Å². The van der Waals surface area contributed by atoms with Gasteiger partial charge in [0.15, 0.2) is 17.5 Å². The molecule has 0 bridgehead atoms. The van der Waals surface area contributed by atoms with Gasteiger partial charge in [-0.05, 0) is 36.6 Å². The van der Waals surface area contributed by atoms with E-state index in [-0.39, 0.29) is 11.8 Å². The van der Waals surface area contributed by atoms with Gasteiger partial charge < -0.3 is 25.0 Å². The molecule has 1 amide bonds. The molecule has 1 unspecified atom stereocenters. The topological polar surface area (TPSA) is 75.2 Å². The van der Waals surface area contributed by atoms with Crippen molar-refractivity contribution in [2.45, 2.75) is 26.3 Å². The summed E-state index contributed by atoms with van der Waals surface area (Å²) < 4.78 is 10.7. The SMILES string of the molecule is CCNC(=NCc1ccc(OC)c(OC)c1)NCC1CC(=O)N(CCc2ccccc2)C1. The molecule has 0 saturated carbocycles. The highest BCUT2D eigenvalue weighted by Crippen LogP contribution is 2.27. The summed E-state index contributed by atoms with van der Waals surface area (Å²) in [5, 5.41) is 6.68. The number of rotatable bonds is 10. The van der Waals surface area contributed by atoms with E-state index in [1.165, 1.54) is 5.56 Å². The molecule has 7 nitrogen and oxygen atoms in total. The van der Waals surface area contributed by atoms with Gasteiger partial charge in [0.2, 0.25) is 5.91 Å². The zero-order valence-corrected chi connectivity index (χ0v) is 19.3. The van der Waals surface area contributed by atoms with Gasteiger partial charge in [-0.2, -0.15) is 0 Å². The first kappa shape index (κ1) is 23.4. The van der Waals surface area contributed by atoms with Gasteiger partial charge in [-0.15, -0.1) is 0 Å². The van der Waals surface area contributed by atoms with Crippen LogP contribution in [0.5, 0.6) is 11.5 Å². The van der Waals surface area contributed by atoms with Crippen molar-refractivity contribution in [3.63, 3.8) is 0 Å². The van der Waals surface area contributed by atoms with Crippen LogP contribution in [0.2, 0.25) is 0 Å². The Kier molecular flexibility index (Phi) is 8.78. The first-order chi connectivity index (χ1) is 15.6. The van der Waals surface area contributed by atoms with Crippen LogP contribution >= 0.6 is 0 Å². The Bertz CT molecular complexity index is 901. The number of hydrogen-bond acceptors (Lipinski definition) is 4. The number of nitrogens with one attached hydrogen (secondary N) is 2. The van der Waals surface area contributed by atoms with E-state index >= 15 is 0 Å². The Morgan fingerprint density at radius 3 is 2.56 bits per heavy atom. The van der Waals surface area contributed by atoms with Crippen LogP contribution < -0.4 is 20.1 Å². The van der Waals surface area contributed by atoms with E-state index in [4.69, 9.17) is 9.47 Å². The Morgan fingerprint density at radius 1 is 1.06 bits per heavy atom. The van der Waals surface area contributed by atoms with Crippen molar-refractivity contribution < 1.29 is 14.3 Å². The van der Waals surface area contributed by atoms with Crippen LogP contribution in [-0.2, 0) is 17.8 Å². The maximum atomic E-state index is 12.4. The van der Waals surface area contributed by atoms with Crippen molar-refractivity contribution in [1.29, 1.82) is 0 Å². The minimum Gasteiger partial charge on any atom is -0.493 e. The molecular weight excluding hydrogens is 404 g/mol. The minimum atomic E-state index is 0.236. The van der Waals surface area contributed by atoms with Gasteiger partial charge >= 0.3 is 0 Å². The first-order valence-corrected chi connectivity index (χ1v) is 11.2. The van der Waals surface area contributed by atoms with E-state index in [2.05, 4.69) is 27.8 Å². The van der Waals surface area contributed by atoms with E-state index in [1.807, 2.05) is 48.2 Å². The lowest BCUT2D eigenvalue weighted by molar-refractivity contribution is -0.127. The Balaban J connectivity index is 1.51. The predicted molar refractivity (Wildman–Crippen MR) is 127 cm³/mol. The van der Waals surface area contributed by atoms with Crippen molar-refractivity contribution in [3.05, 3.63) is 59.7 Å². The number of amides is 1. The molecule has 0 aliphatic carbocycles. The number of methoxy groups -OCH3 is 2. The fraction of sp³-hybridized carbons (Fsp3) is 0.440. The Morgan fingerprint density at radius 2 is 1.84 bits per heavy atom. The largest absolute Gasteiger partial charge is 0.493 e. The number of carbonyl (C=O) groups is 1. The average molecular weight is 439 g/mol. The monoisotopic (exact) mass is 438 g/mol. The van der Waals surface area contributed by atoms with E-state index in [0.717, 1.165) is 37.6 Å². The second-order valence-corrected chi connectivity index (χ2v) is 7.91. The molecule has 0 radical (unpaired) electrons. The zero-order valence-electron chi connectivity index (χ0n) is 19.3. The van der Waals surface area contributed by atoms with Crippen LogP contribution in [0, 0.1) is 5.92 Å². The van der Waals surface area contributed by atoms with Crippen LogP contribution in [0.15, 0.2) is 53.5 Å². The maximum absolute atomic E-state index is 12.4. The lowest BCUT2D eigenvalue weighted by Gasteiger charge is -2.18. The first-order valence-electron chi connectivity index (χ1n) is 11.2. The van der Waals surface area contributed by atoms with Crippen molar-refractivity contribution in [3.8, 4) is 11.5 Å². The summed E-state index contributed by atoms with van der Waals surface area (Å²) in [6.07, 6.45) is 1.47. The fourth-order valence-electron chi connectivity index (χ4n) is 3.85. The molecule has 0 aromatic heterocycles. The second kappa shape index (κ2) is 12.0. The minimum absolute atomic E-state index is 0.236. The van der Waals surface area contributed by atoms with E-state index in [1.54, 1.807) is 14.2 Å². The smallest absolute Gasteiger partial charge is 0.223 e. The van der Waals surface area contributed by atoms with Crippen LogP contribution in [0.4, 0.5) is 0 Å². The van der Waals surface area contributed by atoms with Gasteiger partial charge in [-0.1, -0.05) is 36.4 Å². The quantitative estimate of drug-likeness (QED) is 0.441. The third-order valence-electron chi connectivity index (χ3n) is 5.58. The highest BCUT2D eigenvalue weighted by Gasteiger charge is 2.29. The lowest BCUT2D eigenvalue weighted by atomic mass is 10.1. The molecule has 1 heterocycles. The third kappa shape index (κ3) is 6.64. The van der Waals surface area contributed by atoms with Crippen LogP contribution in [0.3, 0.4) is 0 Å². The van der Waals surface area contributed by atoms with Gasteiger partial charge in [0.1, 0.15) is 0 Å². The molecule has 2 aromatic carbocycles. The van der Waals surface area contributed by atoms with Crippen molar-refractivity contribution in [2.24, 2.45) is 10.9 Å². The summed E-state index contributed by atoms with van der Waals surface area (Å²) in [5.74, 6) is 2.66. The molecular formula is C25H34N4O3. The summed E-state index contributed by atoms with van der Waals surface area (Å²) in [4.78, 5) is 19.1.